The molecular weight excluding hydrogens is 270 g/mol. The first-order valence-corrected chi connectivity index (χ1v) is 8.25. The highest BCUT2D eigenvalue weighted by Crippen LogP contribution is 2.39. The minimum Gasteiger partial charge on any atom is -0.495 e. The second kappa shape index (κ2) is 6.36. The molecule has 0 atom stereocenters. The normalized spacial score (nSPS) is 19.7. The Morgan fingerprint density at radius 3 is 2.75 bits per heavy atom. The van der Waals surface area contributed by atoms with E-state index in [1.165, 1.54) is 48.8 Å². The van der Waals surface area contributed by atoms with E-state index in [2.05, 4.69) is 11.4 Å². The summed E-state index contributed by atoms with van der Waals surface area (Å²) in [6, 6.07) is 2.38. The van der Waals surface area contributed by atoms with Crippen molar-refractivity contribution >= 4 is 11.6 Å². The first-order chi connectivity index (χ1) is 9.79. The summed E-state index contributed by atoms with van der Waals surface area (Å²) in [5, 5.41) is 4.32. The number of ether oxygens (including phenoxy) is 1. The molecule has 110 valence electrons. The van der Waals surface area contributed by atoms with Gasteiger partial charge in [-0.15, -0.1) is 0 Å². The number of methoxy groups -OCH3 is 1. The van der Waals surface area contributed by atoms with Gasteiger partial charge < -0.3 is 10.1 Å². The lowest BCUT2D eigenvalue weighted by molar-refractivity contribution is 0.360. The maximum absolute atomic E-state index is 6.61. The predicted octanol–water partition coefficient (Wildman–Crippen LogP) is 3.77. The van der Waals surface area contributed by atoms with Crippen LogP contribution in [0.25, 0.3) is 0 Å². The second-order valence-corrected chi connectivity index (χ2v) is 6.50. The van der Waals surface area contributed by atoms with Crippen molar-refractivity contribution in [3.63, 3.8) is 0 Å². The minimum atomic E-state index is 0.767. The summed E-state index contributed by atoms with van der Waals surface area (Å²) in [5.74, 6) is 1.70. The average Bonchev–Trinajstić information content (AvgIpc) is 2.49. The highest BCUT2D eigenvalue weighted by atomic mass is 35.5. The maximum atomic E-state index is 6.61. The number of hydrogen-bond acceptors (Lipinski definition) is 2. The Balaban J connectivity index is 1.90. The van der Waals surface area contributed by atoms with Crippen LogP contribution < -0.4 is 10.1 Å². The molecule has 0 spiro atoms. The molecule has 0 unspecified atom stereocenters. The van der Waals surface area contributed by atoms with Gasteiger partial charge >= 0.3 is 0 Å². The zero-order chi connectivity index (χ0) is 13.9. The summed E-state index contributed by atoms with van der Waals surface area (Å²) >= 11 is 6.61. The second-order valence-electron chi connectivity index (χ2n) is 6.13. The molecule has 3 heteroatoms. The molecule has 1 aliphatic carbocycles. The van der Waals surface area contributed by atoms with Gasteiger partial charge in [-0.25, -0.2) is 0 Å². The smallest absolute Gasteiger partial charge is 0.140 e. The highest BCUT2D eigenvalue weighted by molar-refractivity contribution is 6.33. The van der Waals surface area contributed by atoms with Crippen molar-refractivity contribution in [2.75, 3.05) is 20.2 Å². The molecule has 0 radical (unpaired) electrons. The van der Waals surface area contributed by atoms with Crippen molar-refractivity contribution in [1.82, 2.24) is 5.32 Å². The Morgan fingerprint density at radius 1 is 1.25 bits per heavy atom. The van der Waals surface area contributed by atoms with Gasteiger partial charge in [-0.05, 0) is 80.6 Å². The van der Waals surface area contributed by atoms with Gasteiger partial charge in [0.15, 0.2) is 0 Å². The Kier molecular flexibility index (Phi) is 4.52. The summed E-state index contributed by atoms with van der Waals surface area (Å²) in [7, 11) is 1.75. The molecule has 1 aliphatic heterocycles. The monoisotopic (exact) mass is 293 g/mol. The SMILES string of the molecule is COc1c(CC2CCNCC2)cc2c(c1Cl)CCCC2. The number of halogens is 1. The van der Waals surface area contributed by atoms with Crippen LogP contribution in [-0.2, 0) is 19.3 Å². The largest absolute Gasteiger partial charge is 0.495 e. The molecule has 1 fully saturated rings. The highest BCUT2D eigenvalue weighted by Gasteiger charge is 2.22. The van der Waals surface area contributed by atoms with Gasteiger partial charge in [0.05, 0.1) is 12.1 Å². The molecular formula is C17H24ClNO. The molecule has 3 rings (SSSR count). The zero-order valence-corrected chi connectivity index (χ0v) is 13.1. The molecule has 0 bridgehead atoms. The van der Waals surface area contributed by atoms with Crippen LogP contribution in [0, 0.1) is 5.92 Å². The number of hydrogen-bond donors (Lipinski definition) is 1. The molecule has 0 saturated carbocycles. The van der Waals surface area contributed by atoms with Gasteiger partial charge in [0, 0.05) is 0 Å². The Labute approximate surface area is 126 Å². The standard InChI is InChI=1S/C17H24ClNO/c1-20-17-14(10-12-6-8-19-9-7-12)11-13-4-2-3-5-15(13)16(17)18/h11-12,19H,2-10H2,1H3. The van der Waals surface area contributed by atoms with Gasteiger partial charge in [0.1, 0.15) is 5.75 Å². The third-order valence-electron chi connectivity index (χ3n) is 4.79. The number of rotatable bonds is 3. The third-order valence-corrected chi connectivity index (χ3v) is 5.19. The lowest BCUT2D eigenvalue weighted by atomic mass is 9.85. The minimum absolute atomic E-state index is 0.767. The van der Waals surface area contributed by atoms with E-state index in [1.54, 1.807) is 7.11 Å². The molecule has 0 amide bonds. The molecule has 20 heavy (non-hydrogen) atoms. The average molecular weight is 294 g/mol. The van der Waals surface area contributed by atoms with E-state index in [4.69, 9.17) is 16.3 Å². The molecule has 0 aromatic heterocycles. The lowest BCUT2D eigenvalue weighted by Crippen LogP contribution is -2.28. The van der Waals surface area contributed by atoms with E-state index >= 15 is 0 Å². The van der Waals surface area contributed by atoms with E-state index in [1.807, 2.05) is 0 Å². The fourth-order valence-electron chi connectivity index (χ4n) is 3.66. The van der Waals surface area contributed by atoms with Crippen molar-refractivity contribution < 1.29 is 4.74 Å². The van der Waals surface area contributed by atoms with Crippen LogP contribution >= 0.6 is 11.6 Å². The van der Waals surface area contributed by atoms with Gasteiger partial charge in [-0.3, -0.25) is 0 Å². The molecule has 1 N–H and O–H groups in total. The molecule has 2 aliphatic rings. The molecule has 1 saturated heterocycles. The Bertz CT molecular complexity index is 480. The van der Waals surface area contributed by atoms with Gasteiger partial charge in [-0.1, -0.05) is 17.7 Å². The third kappa shape index (κ3) is 2.82. The quantitative estimate of drug-likeness (QED) is 0.916. The first kappa shape index (κ1) is 14.2. The van der Waals surface area contributed by atoms with Crippen molar-refractivity contribution in [2.45, 2.75) is 44.9 Å². The van der Waals surface area contributed by atoms with Crippen molar-refractivity contribution in [3.8, 4) is 5.75 Å². The van der Waals surface area contributed by atoms with Gasteiger partial charge in [-0.2, -0.15) is 0 Å². The van der Waals surface area contributed by atoms with Gasteiger partial charge in [0.25, 0.3) is 0 Å². The number of nitrogens with one attached hydrogen (secondary N) is 1. The van der Waals surface area contributed by atoms with E-state index in [-0.39, 0.29) is 0 Å². The summed E-state index contributed by atoms with van der Waals surface area (Å²) < 4.78 is 5.64. The summed E-state index contributed by atoms with van der Waals surface area (Å²) in [6.45, 7) is 2.29. The van der Waals surface area contributed by atoms with Crippen molar-refractivity contribution in [3.05, 3.63) is 27.8 Å². The summed E-state index contributed by atoms with van der Waals surface area (Å²) in [4.78, 5) is 0. The zero-order valence-electron chi connectivity index (χ0n) is 12.3. The van der Waals surface area contributed by atoms with Crippen LogP contribution in [0.4, 0.5) is 0 Å². The van der Waals surface area contributed by atoms with Crippen molar-refractivity contribution in [2.24, 2.45) is 5.92 Å². The van der Waals surface area contributed by atoms with E-state index < -0.39 is 0 Å². The van der Waals surface area contributed by atoms with Crippen LogP contribution in [-0.4, -0.2) is 20.2 Å². The van der Waals surface area contributed by atoms with Gasteiger partial charge in [0.2, 0.25) is 0 Å². The van der Waals surface area contributed by atoms with Crippen LogP contribution in [0.2, 0.25) is 5.02 Å². The molecule has 1 aromatic rings. The number of aryl methyl sites for hydroxylation is 1. The van der Waals surface area contributed by atoms with Crippen LogP contribution in [0.1, 0.15) is 42.4 Å². The summed E-state index contributed by atoms with van der Waals surface area (Å²) in [5.41, 5.74) is 4.12. The Morgan fingerprint density at radius 2 is 2.00 bits per heavy atom. The Hall–Kier alpha value is -0.730. The number of benzene rings is 1. The van der Waals surface area contributed by atoms with Crippen LogP contribution in [0.3, 0.4) is 0 Å². The first-order valence-electron chi connectivity index (χ1n) is 7.87. The number of piperidine rings is 1. The number of fused-ring (bicyclic) bond motifs is 1. The molecule has 1 aromatic carbocycles. The summed E-state index contributed by atoms with van der Waals surface area (Å²) in [6.07, 6.45) is 8.47. The van der Waals surface area contributed by atoms with E-state index in [0.29, 0.717) is 0 Å². The van der Waals surface area contributed by atoms with Crippen molar-refractivity contribution in [1.29, 1.82) is 0 Å². The maximum Gasteiger partial charge on any atom is 0.140 e. The fraction of sp³-hybridized carbons (Fsp3) is 0.647. The van der Waals surface area contributed by atoms with E-state index in [0.717, 1.165) is 42.6 Å². The topological polar surface area (TPSA) is 21.3 Å². The predicted molar refractivity (Wildman–Crippen MR) is 83.9 cm³/mol. The van der Waals surface area contributed by atoms with Crippen LogP contribution in [0.15, 0.2) is 6.07 Å². The van der Waals surface area contributed by atoms with E-state index in [9.17, 15) is 0 Å². The molecule has 1 heterocycles. The van der Waals surface area contributed by atoms with Crippen LogP contribution in [0.5, 0.6) is 5.75 Å². The lowest BCUT2D eigenvalue weighted by Gasteiger charge is -2.26. The molecule has 2 nitrogen and oxygen atoms in total. The fourth-order valence-corrected chi connectivity index (χ4v) is 4.08.